The minimum Gasteiger partial charge on any atom is -0.444 e. The Morgan fingerprint density at radius 2 is 2.14 bits per heavy atom. The Morgan fingerprint density at radius 1 is 1.43 bits per heavy atom. The third kappa shape index (κ3) is 5.63. The Kier molecular flexibility index (Phi) is 5.22. The topological polar surface area (TPSA) is 63.2 Å². The summed E-state index contributed by atoms with van der Waals surface area (Å²) in [5, 5.41) is 9.66. The maximum absolute atomic E-state index is 11.7. The second-order valence-electron chi connectivity index (χ2n) is 6.59. The number of aromatic nitrogens is 1. The largest absolute Gasteiger partial charge is 0.444 e. The zero-order valence-corrected chi connectivity index (χ0v) is 14.0. The van der Waals surface area contributed by atoms with Crippen LogP contribution in [-0.4, -0.2) is 28.8 Å². The number of nitrogens with zero attached hydrogens (tertiary/aromatic N) is 1. The molecule has 118 valence electrons. The van der Waals surface area contributed by atoms with E-state index in [0.29, 0.717) is 6.04 Å². The number of carbonyl (C=O) groups is 1. The van der Waals surface area contributed by atoms with Gasteiger partial charge >= 0.3 is 6.09 Å². The highest BCUT2D eigenvalue weighted by atomic mass is 32.1. The quantitative estimate of drug-likeness (QED) is 0.897. The average molecular weight is 311 g/mol. The maximum Gasteiger partial charge on any atom is 0.407 e. The third-order valence-electron chi connectivity index (χ3n) is 3.39. The molecule has 1 amide bonds. The SMILES string of the molecule is Cc1nc(CNC2CCC(NC(=O)OC(C)(C)C)C2)cs1. The van der Waals surface area contributed by atoms with Gasteiger partial charge in [0.2, 0.25) is 0 Å². The number of nitrogens with one attached hydrogen (secondary N) is 2. The van der Waals surface area contributed by atoms with Crippen molar-refractivity contribution in [2.45, 2.75) is 71.2 Å². The smallest absolute Gasteiger partial charge is 0.407 e. The number of alkyl carbamates (subject to hydrolysis) is 1. The van der Waals surface area contributed by atoms with Crippen molar-refractivity contribution in [3.63, 3.8) is 0 Å². The Morgan fingerprint density at radius 3 is 2.76 bits per heavy atom. The molecular formula is C15H25N3O2S. The fourth-order valence-electron chi connectivity index (χ4n) is 2.51. The van der Waals surface area contributed by atoms with E-state index in [1.165, 1.54) is 0 Å². The van der Waals surface area contributed by atoms with Gasteiger partial charge in [0, 0.05) is 24.0 Å². The van der Waals surface area contributed by atoms with Gasteiger partial charge in [-0.2, -0.15) is 0 Å². The molecule has 2 N–H and O–H groups in total. The van der Waals surface area contributed by atoms with Crippen molar-refractivity contribution in [2.75, 3.05) is 0 Å². The highest BCUT2D eigenvalue weighted by Crippen LogP contribution is 2.20. The minimum atomic E-state index is -0.442. The van der Waals surface area contributed by atoms with Crippen LogP contribution in [0.25, 0.3) is 0 Å². The lowest BCUT2D eigenvalue weighted by Crippen LogP contribution is -2.38. The second-order valence-corrected chi connectivity index (χ2v) is 7.65. The number of carbonyl (C=O) groups excluding carboxylic acids is 1. The summed E-state index contributed by atoms with van der Waals surface area (Å²) in [7, 11) is 0. The molecule has 1 aromatic rings. The number of rotatable bonds is 4. The molecule has 2 unspecified atom stereocenters. The Hall–Kier alpha value is -1.14. The van der Waals surface area contributed by atoms with Gasteiger partial charge in [-0.3, -0.25) is 0 Å². The molecule has 1 aliphatic rings. The lowest BCUT2D eigenvalue weighted by Gasteiger charge is -2.21. The molecule has 0 aliphatic heterocycles. The first-order valence-corrected chi connectivity index (χ1v) is 8.34. The van der Waals surface area contributed by atoms with E-state index in [4.69, 9.17) is 4.74 Å². The summed E-state index contributed by atoms with van der Waals surface area (Å²) < 4.78 is 5.29. The number of amides is 1. The van der Waals surface area contributed by atoms with Crippen molar-refractivity contribution < 1.29 is 9.53 Å². The Balaban J connectivity index is 1.70. The molecule has 6 heteroatoms. The van der Waals surface area contributed by atoms with Gasteiger partial charge in [-0.25, -0.2) is 9.78 Å². The van der Waals surface area contributed by atoms with Crippen molar-refractivity contribution in [1.29, 1.82) is 0 Å². The van der Waals surface area contributed by atoms with Gasteiger partial charge in [0.25, 0.3) is 0 Å². The molecule has 0 aromatic carbocycles. The van der Waals surface area contributed by atoms with Gasteiger partial charge in [-0.1, -0.05) is 0 Å². The van der Waals surface area contributed by atoms with Crippen LogP contribution in [0.3, 0.4) is 0 Å². The molecule has 1 aromatic heterocycles. The van der Waals surface area contributed by atoms with Crippen LogP contribution >= 0.6 is 11.3 Å². The summed E-state index contributed by atoms with van der Waals surface area (Å²) >= 11 is 1.68. The predicted octanol–water partition coefficient (Wildman–Crippen LogP) is 2.99. The van der Waals surface area contributed by atoms with Gasteiger partial charge in [0.1, 0.15) is 5.60 Å². The molecule has 0 saturated heterocycles. The number of thiazole rings is 1. The van der Waals surface area contributed by atoms with Gasteiger partial charge in [-0.15, -0.1) is 11.3 Å². The third-order valence-corrected chi connectivity index (χ3v) is 4.21. The maximum atomic E-state index is 11.7. The van der Waals surface area contributed by atoms with Crippen LogP contribution < -0.4 is 10.6 Å². The molecule has 1 aliphatic carbocycles. The normalized spacial score (nSPS) is 22.3. The molecule has 2 rings (SSSR count). The number of ether oxygens (including phenoxy) is 1. The summed E-state index contributed by atoms with van der Waals surface area (Å²) in [5.41, 5.74) is 0.657. The van der Waals surface area contributed by atoms with Crippen LogP contribution in [0.15, 0.2) is 5.38 Å². The zero-order valence-electron chi connectivity index (χ0n) is 13.2. The summed E-state index contributed by atoms with van der Waals surface area (Å²) in [6.45, 7) is 8.45. The standard InChI is InChI=1S/C15H25N3O2S/c1-10-17-13(9-21-10)8-16-11-5-6-12(7-11)18-14(19)20-15(2,3)4/h9,11-12,16H,5-8H2,1-4H3,(H,18,19). The first kappa shape index (κ1) is 16.2. The van der Waals surface area contributed by atoms with Gasteiger partial charge in [0.05, 0.1) is 10.7 Å². The Labute approximate surface area is 130 Å². The summed E-state index contributed by atoms with van der Waals surface area (Å²) in [6.07, 6.45) is 2.70. The molecule has 0 radical (unpaired) electrons. The average Bonchev–Trinajstić information content (AvgIpc) is 2.93. The molecular weight excluding hydrogens is 286 g/mol. The fraction of sp³-hybridized carbons (Fsp3) is 0.733. The molecule has 2 atom stereocenters. The van der Waals surface area contributed by atoms with Crippen molar-refractivity contribution in [2.24, 2.45) is 0 Å². The van der Waals surface area contributed by atoms with Crippen LogP contribution in [0.2, 0.25) is 0 Å². The highest BCUT2D eigenvalue weighted by molar-refractivity contribution is 7.09. The van der Waals surface area contributed by atoms with Crippen LogP contribution in [-0.2, 0) is 11.3 Å². The fourth-order valence-corrected chi connectivity index (χ4v) is 3.12. The minimum absolute atomic E-state index is 0.203. The highest BCUT2D eigenvalue weighted by Gasteiger charge is 2.27. The van der Waals surface area contributed by atoms with E-state index in [1.807, 2.05) is 27.7 Å². The second kappa shape index (κ2) is 6.75. The predicted molar refractivity (Wildman–Crippen MR) is 84.5 cm³/mol. The van der Waals surface area contributed by atoms with Crippen molar-refractivity contribution in [3.05, 3.63) is 16.1 Å². The van der Waals surface area contributed by atoms with Gasteiger partial charge in [-0.05, 0) is 47.0 Å². The summed E-state index contributed by atoms with van der Waals surface area (Å²) in [6, 6.07) is 0.640. The van der Waals surface area contributed by atoms with Crippen LogP contribution in [0.5, 0.6) is 0 Å². The van der Waals surface area contributed by atoms with E-state index >= 15 is 0 Å². The summed E-state index contributed by atoms with van der Waals surface area (Å²) in [5.74, 6) is 0. The lowest BCUT2D eigenvalue weighted by atomic mass is 10.2. The van der Waals surface area contributed by atoms with Crippen molar-refractivity contribution in [3.8, 4) is 0 Å². The van der Waals surface area contributed by atoms with Crippen LogP contribution in [0.1, 0.15) is 50.7 Å². The molecule has 1 saturated carbocycles. The number of hydrogen-bond donors (Lipinski definition) is 2. The van der Waals surface area contributed by atoms with E-state index in [2.05, 4.69) is 21.0 Å². The van der Waals surface area contributed by atoms with E-state index in [0.717, 1.165) is 36.5 Å². The van der Waals surface area contributed by atoms with Crippen LogP contribution in [0, 0.1) is 6.92 Å². The van der Waals surface area contributed by atoms with Gasteiger partial charge in [0.15, 0.2) is 0 Å². The molecule has 0 bridgehead atoms. The van der Waals surface area contributed by atoms with E-state index in [9.17, 15) is 4.79 Å². The first-order valence-electron chi connectivity index (χ1n) is 7.46. The Bertz CT molecular complexity index is 482. The van der Waals surface area contributed by atoms with E-state index in [1.54, 1.807) is 11.3 Å². The van der Waals surface area contributed by atoms with Gasteiger partial charge < -0.3 is 15.4 Å². The first-order chi connectivity index (χ1) is 9.82. The molecule has 0 spiro atoms. The number of aryl methyl sites for hydroxylation is 1. The lowest BCUT2D eigenvalue weighted by molar-refractivity contribution is 0.0505. The van der Waals surface area contributed by atoms with Crippen LogP contribution in [0.4, 0.5) is 4.79 Å². The van der Waals surface area contributed by atoms with E-state index < -0.39 is 5.60 Å². The molecule has 1 fully saturated rings. The molecule has 5 nitrogen and oxygen atoms in total. The number of hydrogen-bond acceptors (Lipinski definition) is 5. The summed E-state index contributed by atoms with van der Waals surface area (Å²) in [4.78, 5) is 16.2. The monoisotopic (exact) mass is 311 g/mol. The zero-order chi connectivity index (χ0) is 15.5. The van der Waals surface area contributed by atoms with E-state index in [-0.39, 0.29) is 12.1 Å². The molecule has 21 heavy (non-hydrogen) atoms. The molecule has 1 heterocycles. The van der Waals surface area contributed by atoms with Crippen molar-refractivity contribution in [1.82, 2.24) is 15.6 Å². The van der Waals surface area contributed by atoms with Crippen molar-refractivity contribution >= 4 is 17.4 Å².